The molecule has 2 aromatic carbocycles. The second-order valence-electron chi connectivity index (χ2n) is 6.06. The molecule has 0 atom stereocenters. The van der Waals surface area contributed by atoms with Crippen molar-refractivity contribution >= 4 is 11.6 Å². The van der Waals surface area contributed by atoms with Crippen molar-refractivity contribution in [3.05, 3.63) is 88.7 Å². The van der Waals surface area contributed by atoms with Crippen LogP contribution in [0.5, 0.6) is 11.5 Å². The third-order valence-corrected chi connectivity index (χ3v) is 4.40. The van der Waals surface area contributed by atoms with Gasteiger partial charge in [-0.2, -0.15) is 0 Å². The first kappa shape index (κ1) is 22.0. The highest BCUT2D eigenvalue weighted by Gasteiger charge is 2.08. The second kappa shape index (κ2) is 11.5. The van der Waals surface area contributed by atoms with Crippen LogP contribution in [0.4, 0.5) is 0 Å². The van der Waals surface area contributed by atoms with Crippen LogP contribution in [-0.4, -0.2) is 11.6 Å². The summed E-state index contributed by atoms with van der Waals surface area (Å²) < 4.78 is 11.7. The minimum atomic E-state index is 0. The van der Waals surface area contributed by atoms with Gasteiger partial charge >= 0.3 is 0 Å². The maximum absolute atomic E-state index is 6.20. The topological polar surface area (TPSA) is 43.4 Å². The van der Waals surface area contributed by atoms with Gasteiger partial charge in [0.2, 0.25) is 0 Å². The van der Waals surface area contributed by atoms with E-state index in [4.69, 9.17) is 21.1 Å². The number of rotatable bonds is 9. The van der Waals surface area contributed by atoms with E-state index in [1.54, 1.807) is 6.20 Å². The zero-order chi connectivity index (χ0) is 18.9. The lowest BCUT2D eigenvalue weighted by molar-refractivity contribution is -0.00000624. The highest BCUT2D eigenvalue weighted by Crippen LogP contribution is 2.30. The van der Waals surface area contributed by atoms with E-state index in [1.807, 2.05) is 61.7 Å². The third kappa shape index (κ3) is 6.41. The molecule has 0 unspecified atom stereocenters. The van der Waals surface area contributed by atoms with Crippen molar-refractivity contribution in [2.75, 3.05) is 6.61 Å². The zero-order valence-corrected chi connectivity index (χ0v) is 17.2. The lowest BCUT2D eigenvalue weighted by atomic mass is 10.2. The SMILES string of the molecule is CCOc1cc(CNCc2cccnc2)ccc1OCc1ccccc1Cl.[Cl-]. The smallest absolute Gasteiger partial charge is 0.161 e. The molecule has 0 bridgehead atoms. The lowest BCUT2D eigenvalue weighted by Gasteiger charge is -2.14. The zero-order valence-electron chi connectivity index (χ0n) is 15.7. The Morgan fingerprint density at radius 2 is 1.75 bits per heavy atom. The van der Waals surface area contributed by atoms with Crippen molar-refractivity contribution in [3.63, 3.8) is 0 Å². The van der Waals surface area contributed by atoms with Crippen LogP contribution in [0.2, 0.25) is 5.02 Å². The molecular weight excluding hydrogens is 395 g/mol. The average molecular weight is 418 g/mol. The average Bonchev–Trinajstić information content (AvgIpc) is 2.69. The molecule has 0 amide bonds. The fourth-order valence-electron chi connectivity index (χ4n) is 2.67. The molecule has 1 N–H and O–H groups in total. The molecule has 0 aliphatic rings. The van der Waals surface area contributed by atoms with Crippen LogP contribution in [0.25, 0.3) is 0 Å². The van der Waals surface area contributed by atoms with Gasteiger partial charge in [0.1, 0.15) is 6.61 Å². The number of nitrogens with zero attached hydrogens (tertiary/aromatic N) is 1. The Morgan fingerprint density at radius 3 is 2.50 bits per heavy atom. The Balaban J connectivity index is 0.00000280. The molecule has 28 heavy (non-hydrogen) atoms. The molecule has 0 saturated carbocycles. The van der Waals surface area contributed by atoms with E-state index in [-0.39, 0.29) is 12.4 Å². The third-order valence-electron chi connectivity index (χ3n) is 4.03. The molecule has 3 rings (SSSR count). The van der Waals surface area contributed by atoms with Gasteiger partial charge in [-0.05, 0) is 42.3 Å². The number of hydrogen-bond donors (Lipinski definition) is 1. The maximum atomic E-state index is 6.20. The number of nitrogens with one attached hydrogen (secondary N) is 1. The number of hydrogen-bond acceptors (Lipinski definition) is 4. The number of halogens is 2. The summed E-state index contributed by atoms with van der Waals surface area (Å²) in [7, 11) is 0. The first-order valence-electron chi connectivity index (χ1n) is 8.98. The van der Waals surface area contributed by atoms with Crippen LogP contribution < -0.4 is 27.2 Å². The lowest BCUT2D eigenvalue weighted by Crippen LogP contribution is -3.00. The molecule has 148 valence electrons. The van der Waals surface area contributed by atoms with Gasteiger partial charge in [-0.25, -0.2) is 0 Å². The summed E-state index contributed by atoms with van der Waals surface area (Å²) in [6, 6.07) is 17.7. The van der Waals surface area contributed by atoms with Gasteiger partial charge in [-0.1, -0.05) is 41.9 Å². The summed E-state index contributed by atoms with van der Waals surface area (Å²) >= 11 is 6.20. The van der Waals surface area contributed by atoms with Crippen molar-refractivity contribution in [1.29, 1.82) is 0 Å². The minimum absolute atomic E-state index is 0. The number of aromatic nitrogens is 1. The predicted octanol–water partition coefficient (Wildman–Crippen LogP) is 2.01. The van der Waals surface area contributed by atoms with E-state index in [1.165, 1.54) is 0 Å². The summed E-state index contributed by atoms with van der Waals surface area (Å²) in [6.45, 7) is 4.45. The molecule has 1 aromatic heterocycles. The van der Waals surface area contributed by atoms with E-state index in [0.29, 0.717) is 24.0 Å². The molecule has 1 heterocycles. The maximum Gasteiger partial charge on any atom is 0.161 e. The van der Waals surface area contributed by atoms with Crippen LogP contribution in [0, 0.1) is 0 Å². The summed E-state index contributed by atoms with van der Waals surface area (Å²) in [6.07, 6.45) is 3.64. The van der Waals surface area contributed by atoms with Crippen molar-refractivity contribution in [2.45, 2.75) is 26.6 Å². The van der Waals surface area contributed by atoms with E-state index in [2.05, 4.69) is 16.4 Å². The minimum Gasteiger partial charge on any atom is -1.00 e. The van der Waals surface area contributed by atoms with E-state index in [0.717, 1.165) is 35.5 Å². The summed E-state index contributed by atoms with van der Waals surface area (Å²) in [4.78, 5) is 4.13. The number of benzene rings is 2. The van der Waals surface area contributed by atoms with Gasteiger partial charge < -0.3 is 27.2 Å². The molecular formula is C22H23Cl2N2O2-. The Kier molecular flexibility index (Phi) is 9.08. The Morgan fingerprint density at radius 1 is 0.929 bits per heavy atom. The molecule has 3 aromatic rings. The molecule has 0 radical (unpaired) electrons. The van der Waals surface area contributed by atoms with Crippen molar-refractivity contribution in [1.82, 2.24) is 10.3 Å². The van der Waals surface area contributed by atoms with Crippen molar-refractivity contribution < 1.29 is 21.9 Å². The number of pyridine rings is 1. The van der Waals surface area contributed by atoms with Crippen LogP contribution in [-0.2, 0) is 19.7 Å². The van der Waals surface area contributed by atoms with E-state index < -0.39 is 0 Å². The fourth-order valence-corrected chi connectivity index (χ4v) is 2.87. The fraction of sp³-hybridized carbons (Fsp3) is 0.227. The Labute approximate surface area is 177 Å². The summed E-state index contributed by atoms with van der Waals surface area (Å²) in [5.74, 6) is 1.46. The highest BCUT2D eigenvalue weighted by atomic mass is 35.5. The van der Waals surface area contributed by atoms with Gasteiger partial charge in [-0.15, -0.1) is 0 Å². The molecule has 4 nitrogen and oxygen atoms in total. The van der Waals surface area contributed by atoms with Gasteiger partial charge in [0.05, 0.1) is 6.61 Å². The monoisotopic (exact) mass is 417 g/mol. The van der Waals surface area contributed by atoms with Crippen molar-refractivity contribution in [2.24, 2.45) is 0 Å². The quantitative estimate of drug-likeness (QED) is 0.578. The van der Waals surface area contributed by atoms with Gasteiger partial charge in [0.25, 0.3) is 0 Å². The van der Waals surface area contributed by atoms with E-state index in [9.17, 15) is 0 Å². The summed E-state index contributed by atoms with van der Waals surface area (Å²) in [5.41, 5.74) is 3.23. The second-order valence-corrected chi connectivity index (χ2v) is 6.47. The molecule has 0 saturated heterocycles. The van der Waals surface area contributed by atoms with Crippen LogP contribution in [0.1, 0.15) is 23.6 Å². The molecule has 0 spiro atoms. The van der Waals surface area contributed by atoms with Crippen molar-refractivity contribution in [3.8, 4) is 11.5 Å². The molecule has 0 fully saturated rings. The van der Waals surface area contributed by atoms with Gasteiger partial charge in [-0.3, -0.25) is 4.98 Å². The van der Waals surface area contributed by atoms with Gasteiger partial charge in [0, 0.05) is 36.1 Å². The molecule has 0 aliphatic heterocycles. The van der Waals surface area contributed by atoms with Crippen LogP contribution in [0.15, 0.2) is 67.0 Å². The van der Waals surface area contributed by atoms with Crippen LogP contribution in [0.3, 0.4) is 0 Å². The first-order chi connectivity index (χ1) is 13.3. The summed E-state index contributed by atoms with van der Waals surface area (Å²) in [5, 5.41) is 4.12. The largest absolute Gasteiger partial charge is 1.00 e. The molecule has 6 heteroatoms. The molecule has 0 aliphatic carbocycles. The standard InChI is InChI=1S/C22H23ClN2O2.ClH/c1-2-26-22-12-17(13-25-15-18-6-5-11-24-14-18)9-10-21(22)27-16-19-7-3-4-8-20(19)23;/h3-12,14,25H,2,13,15-16H2,1H3;1H/p-1. The van der Waals surface area contributed by atoms with Crippen LogP contribution >= 0.6 is 11.6 Å². The normalized spacial score (nSPS) is 10.2. The number of ether oxygens (including phenoxy) is 2. The highest BCUT2D eigenvalue weighted by molar-refractivity contribution is 6.31. The first-order valence-corrected chi connectivity index (χ1v) is 9.35. The van der Waals surface area contributed by atoms with Gasteiger partial charge in [0.15, 0.2) is 11.5 Å². The Hall–Kier alpha value is -2.27. The Bertz CT molecular complexity index is 860. The predicted molar refractivity (Wildman–Crippen MR) is 108 cm³/mol. The van der Waals surface area contributed by atoms with E-state index >= 15 is 0 Å².